The van der Waals surface area contributed by atoms with E-state index in [1.165, 1.54) is 12.1 Å². The first kappa shape index (κ1) is 22.0. The fraction of sp³-hybridized carbons (Fsp3) is 0.292. The summed E-state index contributed by atoms with van der Waals surface area (Å²) in [6.07, 6.45) is 1.65. The normalized spacial score (nSPS) is 19.3. The van der Waals surface area contributed by atoms with Gasteiger partial charge in [-0.15, -0.1) is 0 Å². The van der Waals surface area contributed by atoms with E-state index in [0.717, 1.165) is 24.5 Å². The van der Waals surface area contributed by atoms with Gasteiger partial charge < -0.3 is 10.0 Å². The van der Waals surface area contributed by atoms with Crippen molar-refractivity contribution in [2.45, 2.75) is 18.6 Å². The van der Waals surface area contributed by atoms with Crippen LogP contribution in [0.5, 0.6) is 0 Å². The Labute approximate surface area is 191 Å². The van der Waals surface area contributed by atoms with Crippen LogP contribution in [0.2, 0.25) is 10.0 Å². The molecular weight excluding hydrogens is 436 g/mol. The molecule has 2 atom stereocenters. The summed E-state index contributed by atoms with van der Waals surface area (Å²) in [6.45, 7) is 4.39. The van der Waals surface area contributed by atoms with E-state index >= 15 is 0 Å². The van der Waals surface area contributed by atoms with Crippen molar-refractivity contribution in [3.63, 3.8) is 0 Å². The summed E-state index contributed by atoms with van der Waals surface area (Å²) in [5.41, 5.74) is 0.713. The number of aliphatic hydroxyl groups is 1. The lowest BCUT2D eigenvalue weighted by Gasteiger charge is -2.44. The molecule has 2 aromatic carbocycles. The maximum absolute atomic E-state index is 13.3. The number of pyridine rings is 1. The topological polar surface area (TPSA) is 39.6 Å². The van der Waals surface area contributed by atoms with Crippen molar-refractivity contribution in [2.75, 3.05) is 31.1 Å². The Balaban J connectivity index is 1.58. The Morgan fingerprint density at radius 2 is 1.68 bits per heavy atom. The van der Waals surface area contributed by atoms with E-state index in [1.54, 1.807) is 25.3 Å². The molecule has 1 saturated heterocycles. The van der Waals surface area contributed by atoms with E-state index in [1.807, 2.05) is 36.4 Å². The van der Waals surface area contributed by atoms with Gasteiger partial charge in [-0.2, -0.15) is 0 Å². The molecule has 2 heterocycles. The van der Waals surface area contributed by atoms with E-state index < -0.39 is 5.60 Å². The van der Waals surface area contributed by atoms with Gasteiger partial charge in [0, 0.05) is 37.4 Å². The minimum atomic E-state index is -1.10. The fourth-order valence-corrected chi connectivity index (χ4v) is 4.34. The van der Waals surface area contributed by atoms with Crippen LogP contribution in [0.15, 0.2) is 66.9 Å². The summed E-state index contributed by atoms with van der Waals surface area (Å²) < 4.78 is 13.3. The molecule has 0 spiro atoms. The van der Waals surface area contributed by atoms with E-state index in [2.05, 4.69) is 14.8 Å². The van der Waals surface area contributed by atoms with E-state index in [-0.39, 0.29) is 11.9 Å². The zero-order chi connectivity index (χ0) is 22.0. The molecule has 3 aromatic rings. The molecule has 31 heavy (non-hydrogen) atoms. The van der Waals surface area contributed by atoms with Crippen LogP contribution in [-0.4, -0.2) is 41.2 Å². The van der Waals surface area contributed by atoms with E-state index in [0.29, 0.717) is 28.7 Å². The van der Waals surface area contributed by atoms with Crippen molar-refractivity contribution < 1.29 is 9.50 Å². The van der Waals surface area contributed by atoms with Crippen LogP contribution in [0.1, 0.15) is 24.1 Å². The van der Waals surface area contributed by atoms with E-state index in [9.17, 15) is 9.50 Å². The zero-order valence-corrected chi connectivity index (χ0v) is 18.7. The number of β-amino-alcohol motifs (C(OH)–C–C–N with tert-alkyl or cyclic N) is 1. The minimum Gasteiger partial charge on any atom is -0.384 e. The molecule has 162 valence electrons. The second-order valence-electron chi connectivity index (χ2n) is 8.11. The van der Waals surface area contributed by atoms with Crippen molar-refractivity contribution in [3.05, 3.63) is 93.8 Å². The molecule has 0 aliphatic carbocycles. The predicted octanol–water partition coefficient (Wildman–Crippen LogP) is 5.30. The molecule has 1 aliphatic rings. The Hall–Kier alpha value is -2.18. The number of aromatic nitrogens is 1. The number of benzene rings is 2. The summed E-state index contributed by atoms with van der Waals surface area (Å²) in [5.74, 6) is 0.542. The summed E-state index contributed by atoms with van der Waals surface area (Å²) in [4.78, 5) is 9.00. The molecule has 1 N–H and O–H groups in total. The van der Waals surface area contributed by atoms with Gasteiger partial charge in [0.25, 0.3) is 0 Å². The Morgan fingerprint density at radius 1 is 1.00 bits per heavy atom. The summed E-state index contributed by atoms with van der Waals surface area (Å²) >= 11 is 12.1. The first-order chi connectivity index (χ1) is 14.8. The van der Waals surface area contributed by atoms with Crippen molar-refractivity contribution in [3.8, 4) is 0 Å². The van der Waals surface area contributed by atoms with E-state index in [4.69, 9.17) is 23.2 Å². The molecule has 1 fully saturated rings. The van der Waals surface area contributed by atoms with Crippen molar-refractivity contribution in [2.24, 2.45) is 0 Å². The first-order valence-corrected chi connectivity index (χ1v) is 10.9. The van der Waals surface area contributed by atoms with Gasteiger partial charge in [-0.05, 0) is 54.4 Å². The molecule has 4 nitrogen and oxygen atoms in total. The van der Waals surface area contributed by atoms with Gasteiger partial charge >= 0.3 is 0 Å². The molecule has 0 radical (unpaired) electrons. The maximum Gasteiger partial charge on any atom is 0.129 e. The largest absolute Gasteiger partial charge is 0.384 e. The minimum absolute atomic E-state index is 0.0312. The summed E-state index contributed by atoms with van der Waals surface area (Å²) in [6, 6.07) is 17.7. The highest BCUT2D eigenvalue weighted by Crippen LogP contribution is 2.32. The Morgan fingerprint density at radius 3 is 2.32 bits per heavy atom. The second-order valence-corrected chi connectivity index (χ2v) is 8.98. The zero-order valence-electron chi connectivity index (χ0n) is 17.2. The highest BCUT2D eigenvalue weighted by atomic mass is 35.5. The molecule has 0 unspecified atom stereocenters. The van der Waals surface area contributed by atoms with Crippen LogP contribution < -0.4 is 4.90 Å². The SMILES string of the molecule is C[C@@](O)(CN1CCN(c2ccc(Cl)cn2)[C@H](c2ccc(Cl)cc2)C1)c1ccc(F)cc1. The van der Waals surface area contributed by atoms with Crippen molar-refractivity contribution in [1.82, 2.24) is 9.88 Å². The highest BCUT2D eigenvalue weighted by Gasteiger charge is 2.33. The number of rotatable bonds is 5. The maximum atomic E-state index is 13.3. The van der Waals surface area contributed by atoms with Crippen LogP contribution in [0.4, 0.5) is 10.2 Å². The molecule has 4 rings (SSSR count). The van der Waals surface area contributed by atoms with Crippen LogP contribution >= 0.6 is 23.2 Å². The highest BCUT2D eigenvalue weighted by molar-refractivity contribution is 6.30. The molecule has 0 saturated carbocycles. The van der Waals surface area contributed by atoms with Gasteiger partial charge in [-0.1, -0.05) is 47.5 Å². The number of hydrogen-bond donors (Lipinski definition) is 1. The average molecular weight is 460 g/mol. The molecule has 1 aliphatic heterocycles. The van der Waals surface area contributed by atoms with Gasteiger partial charge in [0.2, 0.25) is 0 Å². The lowest BCUT2D eigenvalue weighted by atomic mass is 9.94. The Kier molecular flexibility index (Phi) is 6.49. The first-order valence-electron chi connectivity index (χ1n) is 10.2. The lowest BCUT2D eigenvalue weighted by molar-refractivity contribution is 0.0102. The van der Waals surface area contributed by atoms with Gasteiger partial charge in [-0.25, -0.2) is 9.37 Å². The van der Waals surface area contributed by atoms with Crippen LogP contribution in [-0.2, 0) is 5.60 Å². The number of anilines is 1. The summed E-state index contributed by atoms with van der Waals surface area (Å²) in [7, 11) is 0. The second kappa shape index (κ2) is 9.13. The predicted molar refractivity (Wildman–Crippen MR) is 123 cm³/mol. The third-order valence-corrected chi connectivity index (χ3v) is 6.20. The lowest BCUT2D eigenvalue weighted by Crippen LogP contribution is -2.52. The molecule has 0 bridgehead atoms. The van der Waals surface area contributed by atoms with Crippen molar-refractivity contribution in [1.29, 1.82) is 0 Å². The van der Waals surface area contributed by atoms with Crippen LogP contribution in [0, 0.1) is 5.82 Å². The van der Waals surface area contributed by atoms with Gasteiger partial charge in [0.05, 0.1) is 16.7 Å². The van der Waals surface area contributed by atoms with Gasteiger partial charge in [0.1, 0.15) is 11.6 Å². The number of hydrogen-bond acceptors (Lipinski definition) is 4. The standard InChI is InChI=1S/C24H24Cl2FN3O/c1-24(31,18-4-9-21(27)10-5-18)16-29-12-13-30(23-11-8-20(26)14-28-23)22(15-29)17-2-6-19(25)7-3-17/h2-11,14,22,31H,12-13,15-16H2,1H3/t22-,24+/m0/s1. The quantitative estimate of drug-likeness (QED) is 0.561. The third kappa shape index (κ3) is 5.18. The third-order valence-electron chi connectivity index (χ3n) is 5.72. The van der Waals surface area contributed by atoms with Crippen LogP contribution in [0.3, 0.4) is 0 Å². The summed E-state index contributed by atoms with van der Waals surface area (Å²) in [5, 5.41) is 12.4. The average Bonchev–Trinajstić information content (AvgIpc) is 2.75. The van der Waals surface area contributed by atoms with Crippen LogP contribution in [0.25, 0.3) is 0 Å². The van der Waals surface area contributed by atoms with Crippen molar-refractivity contribution >= 4 is 29.0 Å². The smallest absolute Gasteiger partial charge is 0.129 e. The fourth-order valence-electron chi connectivity index (χ4n) is 4.10. The Bertz CT molecular complexity index is 1010. The molecular formula is C24H24Cl2FN3O. The molecule has 1 aromatic heterocycles. The van der Waals surface area contributed by atoms with Gasteiger partial charge in [0.15, 0.2) is 0 Å². The number of piperazine rings is 1. The molecule has 7 heteroatoms. The number of nitrogens with zero attached hydrogens (tertiary/aromatic N) is 3. The molecule has 0 amide bonds. The number of halogens is 3. The monoisotopic (exact) mass is 459 g/mol. The van der Waals surface area contributed by atoms with Gasteiger partial charge in [-0.3, -0.25) is 4.90 Å².